The number of rotatable bonds is 7. The van der Waals surface area contributed by atoms with Gasteiger partial charge in [0, 0.05) is 17.7 Å². The topological polar surface area (TPSA) is 56.8 Å². The molecule has 0 aliphatic carbocycles. The maximum atomic E-state index is 12.5. The Morgan fingerprint density at radius 3 is 2.41 bits per heavy atom. The zero-order valence-corrected chi connectivity index (χ0v) is 15.1. The number of benzene rings is 2. The van der Waals surface area contributed by atoms with Crippen LogP contribution in [0.2, 0.25) is 0 Å². The number of ether oxygens (including phenoxy) is 3. The lowest BCUT2D eigenvalue weighted by Crippen LogP contribution is -2.24. The number of nitrogens with one attached hydrogen (secondary N) is 1. The second-order valence-corrected chi connectivity index (χ2v) is 5.87. The van der Waals surface area contributed by atoms with Gasteiger partial charge in [-0.05, 0) is 38.1 Å². The van der Waals surface area contributed by atoms with Crippen molar-refractivity contribution in [2.75, 3.05) is 7.11 Å². The number of amides is 1. The molecule has 146 valence electrons. The van der Waals surface area contributed by atoms with Gasteiger partial charge >= 0.3 is 6.36 Å². The molecule has 0 aliphatic rings. The number of para-hydroxylation sites is 1. The summed E-state index contributed by atoms with van der Waals surface area (Å²) < 4.78 is 52.2. The Morgan fingerprint density at radius 1 is 1.07 bits per heavy atom. The molecule has 0 radical (unpaired) electrons. The van der Waals surface area contributed by atoms with E-state index in [1.807, 2.05) is 13.8 Å². The van der Waals surface area contributed by atoms with Gasteiger partial charge in [-0.2, -0.15) is 0 Å². The lowest BCUT2D eigenvalue weighted by atomic mass is 10.1. The molecule has 1 N–H and O–H groups in total. The van der Waals surface area contributed by atoms with E-state index in [0.717, 1.165) is 0 Å². The van der Waals surface area contributed by atoms with E-state index in [4.69, 9.17) is 9.47 Å². The molecular weight excluding hydrogens is 363 g/mol. The molecule has 27 heavy (non-hydrogen) atoms. The van der Waals surface area contributed by atoms with Crippen molar-refractivity contribution in [3.8, 4) is 17.2 Å². The summed E-state index contributed by atoms with van der Waals surface area (Å²) in [5.41, 5.74) is 0.493. The molecule has 5 nitrogen and oxygen atoms in total. The second-order valence-electron chi connectivity index (χ2n) is 5.87. The Bertz CT molecular complexity index is 791. The van der Waals surface area contributed by atoms with Crippen molar-refractivity contribution in [3.05, 3.63) is 53.6 Å². The van der Waals surface area contributed by atoms with Gasteiger partial charge in [0.25, 0.3) is 5.91 Å². The maximum Gasteiger partial charge on any atom is 0.573 e. The number of alkyl halides is 3. The van der Waals surface area contributed by atoms with Gasteiger partial charge < -0.3 is 19.5 Å². The highest BCUT2D eigenvalue weighted by Crippen LogP contribution is 2.29. The first-order chi connectivity index (χ1) is 12.7. The van der Waals surface area contributed by atoms with Crippen molar-refractivity contribution in [2.45, 2.75) is 32.9 Å². The van der Waals surface area contributed by atoms with E-state index >= 15 is 0 Å². The number of hydrogen-bond acceptors (Lipinski definition) is 4. The van der Waals surface area contributed by atoms with E-state index in [0.29, 0.717) is 11.5 Å². The summed E-state index contributed by atoms with van der Waals surface area (Å²) >= 11 is 0. The van der Waals surface area contributed by atoms with Crippen molar-refractivity contribution < 1.29 is 32.2 Å². The molecule has 0 aliphatic heterocycles. The lowest BCUT2D eigenvalue weighted by Gasteiger charge is -2.15. The number of carbonyl (C=O) groups is 1. The number of hydrogen-bond donors (Lipinski definition) is 1. The van der Waals surface area contributed by atoms with Gasteiger partial charge in [0.05, 0.1) is 13.2 Å². The average Bonchev–Trinajstić information content (AvgIpc) is 2.59. The third-order valence-corrected chi connectivity index (χ3v) is 3.43. The van der Waals surface area contributed by atoms with Gasteiger partial charge in [-0.3, -0.25) is 4.79 Å². The smallest absolute Gasteiger partial charge is 0.493 e. The molecule has 0 saturated carbocycles. The van der Waals surface area contributed by atoms with Crippen molar-refractivity contribution in [1.29, 1.82) is 0 Å². The minimum atomic E-state index is -4.81. The molecule has 0 aromatic heterocycles. The molecule has 0 atom stereocenters. The minimum Gasteiger partial charge on any atom is -0.493 e. The Hall–Kier alpha value is -2.90. The van der Waals surface area contributed by atoms with Crippen LogP contribution in [0.3, 0.4) is 0 Å². The van der Waals surface area contributed by atoms with Gasteiger partial charge in [-0.15, -0.1) is 13.2 Å². The highest BCUT2D eigenvalue weighted by molar-refractivity contribution is 5.94. The third-order valence-electron chi connectivity index (χ3n) is 3.43. The normalized spacial score (nSPS) is 11.2. The van der Waals surface area contributed by atoms with E-state index in [1.54, 1.807) is 18.2 Å². The van der Waals surface area contributed by atoms with Crippen LogP contribution in [0.4, 0.5) is 13.2 Å². The highest BCUT2D eigenvalue weighted by atomic mass is 19.4. The predicted octanol–water partition coefficient (Wildman–Crippen LogP) is 4.31. The monoisotopic (exact) mass is 383 g/mol. The van der Waals surface area contributed by atoms with E-state index in [1.165, 1.54) is 31.4 Å². The fourth-order valence-corrected chi connectivity index (χ4v) is 2.31. The second kappa shape index (κ2) is 8.66. The summed E-state index contributed by atoms with van der Waals surface area (Å²) in [6.45, 7) is 3.60. The van der Waals surface area contributed by atoms with Crippen LogP contribution in [0.1, 0.15) is 29.8 Å². The molecular formula is C19H20F3NO4. The fourth-order valence-electron chi connectivity index (χ4n) is 2.31. The standard InChI is InChI=1S/C19H20F3NO4/c1-12(2)26-16-9-8-13(10-17(16)25-3)18(24)23-11-14-6-4-5-7-15(14)27-19(20,21)22/h4-10,12H,11H2,1-3H3,(H,23,24). The van der Waals surface area contributed by atoms with Crippen LogP contribution >= 0.6 is 0 Å². The maximum absolute atomic E-state index is 12.5. The molecule has 0 unspecified atom stereocenters. The van der Waals surface area contributed by atoms with Crippen LogP contribution in [0.15, 0.2) is 42.5 Å². The SMILES string of the molecule is COc1cc(C(=O)NCc2ccccc2OC(F)(F)F)ccc1OC(C)C. The first kappa shape index (κ1) is 20.4. The number of carbonyl (C=O) groups excluding carboxylic acids is 1. The van der Waals surface area contributed by atoms with Crippen molar-refractivity contribution in [1.82, 2.24) is 5.32 Å². The van der Waals surface area contributed by atoms with Crippen molar-refractivity contribution in [2.24, 2.45) is 0 Å². The summed E-state index contributed by atoms with van der Waals surface area (Å²) in [6.07, 6.45) is -4.87. The van der Waals surface area contributed by atoms with Crippen molar-refractivity contribution in [3.63, 3.8) is 0 Å². The van der Waals surface area contributed by atoms with Crippen LogP contribution in [0.25, 0.3) is 0 Å². The van der Waals surface area contributed by atoms with Gasteiger partial charge in [0.1, 0.15) is 5.75 Å². The van der Waals surface area contributed by atoms with Crippen LogP contribution in [-0.4, -0.2) is 25.5 Å². The molecule has 8 heteroatoms. The zero-order valence-electron chi connectivity index (χ0n) is 15.1. The Morgan fingerprint density at radius 2 is 1.78 bits per heavy atom. The first-order valence-electron chi connectivity index (χ1n) is 8.16. The molecule has 2 rings (SSSR count). The van der Waals surface area contributed by atoms with E-state index in [9.17, 15) is 18.0 Å². The molecule has 1 amide bonds. The highest BCUT2D eigenvalue weighted by Gasteiger charge is 2.32. The Kier molecular flexibility index (Phi) is 6.55. The van der Waals surface area contributed by atoms with Gasteiger partial charge in [0.15, 0.2) is 11.5 Å². The molecule has 0 fully saturated rings. The summed E-state index contributed by atoms with van der Waals surface area (Å²) in [5, 5.41) is 2.57. The number of methoxy groups -OCH3 is 1. The zero-order chi connectivity index (χ0) is 20.0. The largest absolute Gasteiger partial charge is 0.573 e. The van der Waals surface area contributed by atoms with E-state index in [2.05, 4.69) is 10.1 Å². The van der Waals surface area contributed by atoms with Crippen molar-refractivity contribution >= 4 is 5.91 Å². The number of halogens is 3. The van der Waals surface area contributed by atoms with Crippen LogP contribution in [0, 0.1) is 0 Å². The molecule has 0 spiro atoms. The Labute approximate surface area is 155 Å². The van der Waals surface area contributed by atoms with Crippen LogP contribution < -0.4 is 19.5 Å². The molecule has 0 saturated heterocycles. The summed E-state index contributed by atoms with van der Waals surface area (Å²) in [6, 6.07) is 10.3. The minimum absolute atomic E-state index is 0.0660. The summed E-state index contributed by atoms with van der Waals surface area (Å²) in [4.78, 5) is 12.3. The Balaban J connectivity index is 2.10. The van der Waals surface area contributed by atoms with E-state index < -0.39 is 12.3 Å². The summed E-state index contributed by atoms with van der Waals surface area (Å²) in [5.74, 6) is 0.0555. The molecule has 0 bridgehead atoms. The van der Waals surface area contributed by atoms with Gasteiger partial charge in [-0.25, -0.2) is 0 Å². The quantitative estimate of drug-likeness (QED) is 0.774. The predicted molar refractivity (Wildman–Crippen MR) is 93.1 cm³/mol. The first-order valence-corrected chi connectivity index (χ1v) is 8.16. The fraction of sp³-hybridized carbons (Fsp3) is 0.316. The van der Waals surface area contributed by atoms with Crippen LogP contribution in [0.5, 0.6) is 17.2 Å². The van der Waals surface area contributed by atoms with Gasteiger partial charge in [0.2, 0.25) is 0 Å². The summed E-state index contributed by atoms with van der Waals surface area (Å²) in [7, 11) is 1.45. The average molecular weight is 383 g/mol. The lowest BCUT2D eigenvalue weighted by molar-refractivity contribution is -0.274. The van der Waals surface area contributed by atoms with Crippen LogP contribution in [-0.2, 0) is 6.54 Å². The molecule has 0 heterocycles. The van der Waals surface area contributed by atoms with Gasteiger partial charge in [-0.1, -0.05) is 18.2 Å². The molecule has 2 aromatic rings. The third kappa shape index (κ3) is 6.09. The van der Waals surface area contributed by atoms with E-state index in [-0.39, 0.29) is 29.5 Å². The molecule has 2 aromatic carbocycles.